The first-order chi connectivity index (χ1) is 15.0. The van der Waals surface area contributed by atoms with Crippen molar-refractivity contribution in [3.8, 4) is 0 Å². The van der Waals surface area contributed by atoms with Gasteiger partial charge in [0.2, 0.25) is 0 Å². The number of carbonyl (C=O) groups is 3. The van der Waals surface area contributed by atoms with Crippen molar-refractivity contribution in [2.45, 2.75) is 6.54 Å². The van der Waals surface area contributed by atoms with Crippen LogP contribution in [-0.2, 0) is 16.1 Å². The van der Waals surface area contributed by atoms with Gasteiger partial charge in [0.1, 0.15) is 5.82 Å². The van der Waals surface area contributed by atoms with Crippen molar-refractivity contribution < 1.29 is 23.5 Å². The number of rotatable bonds is 7. The Hall–Kier alpha value is -4.00. The largest absolute Gasteiger partial charge is 0.452 e. The maximum atomic E-state index is 13.8. The highest BCUT2D eigenvalue weighted by atomic mass is 19.1. The molecule has 0 radical (unpaired) electrons. The number of carbonyl (C=O) groups excluding carboxylic acids is 3. The van der Waals surface area contributed by atoms with Crippen LogP contribution < -0.4 is 5.32 Å². The number of para-hydroxylation sites is 1. The van der Waals surface area contributed by atoms with Gasteiger partial charge in [-0.1, -0.05) is 48.5 Å². The number of hydrogen-bond donors (Lipinski definition) is 1. The molecule has 0 saturated heterocycles. The molecule has 3 rings (SSSR count). The number of hydrogen-bond acceptors (Lipinski definition) is 4. The molecular formula is C24H21FN2O4. The highest BCUT2D eigenvalue weighted by Gasteiger charge is 2.18. The third-order valence-electron chi connectivity index (χ3n) is 4.55. The number of likely N-dealkylation sites (N-methyl/N-ethyl adjacent to an activating group) is 1. The first-order valence-corrected chi connectivity index (χ1v) is 9.55. The van der Waals surface area contributed by atoms with Crippen LogP contribution in [0.2, 0.25) is 0 Å². The first kappa shape index (κ1) is 21.7. The minimum absolute atomic E-state index is 0.0484. The minimum Gasteiger partial charge on any atom is -0.452 e. The van der Waals surface area contributed by atoms with E-state index in [0.717, 1.165) is 0 Å². The summed E-state index contributed by atoms with van der Waals surface area (Å²) in [6, 6.07) is 21.1. The molecule has 0 aliphatic heterocycles. The van der Waals surface area contributed by atoms with Crippen LogP contribution >= 0.6 is 0 Å². The van der Waals surface area contributed by atoms with Crippen LogP contribution in [0.25, 0.3) is 0 Å². The zero-order valence-corrected chi connectivity index (χ0v) is 16.9. The van der Waals surface area contributed by atoms with Crippen LogP contribution in [0, 0.1) is 5.82 Å². The fourth-order valence-electron chi connectivity index (χ4n) is 2.84. The van der Waals surface area contributed by atoms with E-state index >= 15 is 0 Å². The molecule has 6 nitrogen and oxygen atoms in total. The van der Waals surface area contributed by atoms with Gasteiger partial charge in [-0.3, -0.25) is 9.59 Å². The van der Waals surface area contributed by atoms with E-state index in [0.29, 0.717) is 11.1 Å². The molecule has 2 amide bonds. The molecule has 0 bridgehead atoms. The second-order valence-corrected chi connectivity index (χ2v) is 6.78. The normalized spacial score (nSPS) is 10.3. The van der Waals surface area contributed by atoms with Gasteiger partial charge in [0.05, 0.1) is 11.3 Å². The average molecular weight is 420 g/mol. The number of benzene rings is 3. The Balaban J connectivity index is 1.61. The average Bonchev–Trinajstić information content (AvgIpc) is 2.79. The molecular weight excluding hydrogens is 399 g/mol. The van der Waals surface area contributed by atoms with E-state index in [-0.39, 0.29) is 23.7 Å². The van der Waals surface area contributed by atoms with Gasteiger partial charge in [0.25, 0.3) is 11.8 Å². The molecule has 7 heteroatoms. The summed E-state index contributed by atoms with van der Waals surface area (Å²) in [6.07, 6.45) is 0. The van der Waals surface area contributed by atoms with E-state index < -0.39 is 24.3 Å². The predicted molar refractivity (Wildman–Crippen MR) is 114 cm³/mol. The van der Waals surface area contributed by atoms with E-state index in [1.165, 1.54) is 24.1 Å². The summed E-state index contributed by atoms with van der Waals surface area (Å²) in [5, 5.41) is 2.68. The molecule has 0 saturated carbocycles. The first-order valence-electron chi connectivity index (χ1n) is 9.55. The summed E-state index contributed by atoms with van der Waals surface area (Å²) < 4.78 is 18.9. The Bertz CT molecular complexity index is 1090. The van der Waals surface area contributed by atoms with E-state index in [9.17, 15) is 18.8 Å². The zero-order chi connectivity index (χ0) is 22.2. The van der Waals surface area contributed by atoms with Crippen LogP contribution in [0.5, 0.6) is 0 Å². The summed E-state index contributed by atoms with van der Waals surface area (Å²) in [5.74, 6) is -2.03. The van der Waals surface area contributed by atoms with Crippen LogP contribution in [0.15, 0.2) is 78.9 Å². The summed E-state index contributed by atoms with van der Waals surface area (Å²) in [5.41, 5.74) is 1.19. The topological polar surface area (TPSA) is 75.7 Å². The van der Waals surface area contributed by atoms with Crippen molar-refractivity contribution in [3.05, 3.63) is 101 Å². The SMILES string of the molecule is CN(Cc1ccccc1F)C(=O)COC(=O)c1ccccc1NC(=O)c1ccccc1. The van der Waals surface area contributed by atoms with Gasteiger partial charge in [-0.05, 0) is 30.3 Å². The molecule has 0 fully saturated rings. The Kier molecular flexibility index (Phi) is 7.11. The molecule has 0 spiro atoms. The van der Waals surface area contributed by atoms with E-state index in [1.807, 2.05) is 0 Å². The van der Waals surface area contributed by atoms with Crippen molar-refractivity contribution in [1.82, 2.24) is 4.90 Å². The standard InChI is InChI=1S/C24H21FN2O4/c1-27(15-18-11-5-7-13-20(18)25)22(28)16-31-24(30)19-12-6-8-14-21(19)26-23(29)17-9-3-2-4-10-17/h2-14H,15-16H2,1H3,(H,26,29). The Morgan fingerprint density at radius 2 is 1.55 bits per heavy atom. The molecule has 0 aliphatic carbocycles. The highest BCUT2D eigenvalue weighted by molar-refractivity contribution is 6.08. The summed E-state index contributed by atoms with van der Waals surface area (Å²) in [4.78, 5) is 38.5. The smallest absolute Gasteiger partial charge is 0.340 e. The molecule has 3 aromatic rings. The molecule has 1 N–H and O–H groups in total. The van der Waals surface area contributed by atoms with Gasteiger partial charge >= 0.3 is 5.97 Å². The van der Waals surface area contributed by atoms with Crippen LogP contribution in [-0.4, -0.2) is 36.3 Å². The van der Waals surface area contributed by atoms with Gasteiger partial charge in [0, 0.05) is 24.7 Å². The molecule has 31 heavy (non-hydrogen) atoms. The number of nitrogens with zero attached hydrogens (tertiary/aromatic N) is 1. The monoisotopic (exact) mass is 420 g/mol. The lowest BCUT2D eigenvalue weighted by molar-refractivity contribution is -0.133. The number of halogens is 1. The molecule has 0 aliphatic rings. The number of anilines is 1. The minimum atomic E-state index is -0.753. The molecule has 0 aromatic heterocycles. The van der Waals surface area contributed by atoms with Crippen molar-refractivity contribution in [2.75, 3.05) is 19.0 Å². The number of esters is 1. The van der Waals surface area contributed by atoms with Crippen molar-refractivity contribution >= 4 is 23.5 Å². The highest BCUT2D eigenvalue weighted by Crippen LogP contribution is 2.18. The van der Waals surface area contributed by atoms with Crippen LogP contribution in [0.3, 0.4) is 0 Å². The van der Waals surface area contributed by atoms with Gasteiger partial charge in [-0.25, -0.2) is 9.18 Å². The van der Waals surface area contributed by atoms with Crippen molar-refractivity contribution in [1.29, 1.82) is 0 Å². The second-order valence-electron chi connectivity index (χ2n) is 6.78. The number of amides is 2. The lowest BCUT2D eigenvalue weighted by Crippen LogP contribution is -2.31. The second kappa shape index (κ2) is 10.2. The summed E-state index contributed by atoms with van der Waals surface area (Å²) in [6.45, 7) is -0.461. The summed E-state index contributed by atoms with van der Waals surface area (Å²) >= 11 is 0. The fraction of sp³-hybridized carbons (Fsp3) is 0.125. The number of nitrogens with one attached hydrogen (secondary N) is 1. The van der Waals surface area contributed by atoms with Crippen LogP contribution in [0.1, 0.15) is 26.3 Å². The third-order valence-corrected chi connectivity index (χ3v) is 4.55. The molecule has 0 unspecified atom stereocenters. The maximum Gasteiger partial charge on any atom is 0.340 e. The van der Waals surface area contributed by atoms with Crippen molar-refractivity contribution in [2.24, 2.45) is 0 Å². The van der Waals surface area contributed by atoms with Crippen LogP contribution in [0.4, 0.5) is 10.1 Å². The van der Waals surface area contributed by atoms with Gasteiger partial charge in [0.15, 0.2) is 6.61 Å². The molecule has 158 valence electrons. The lowest BCUT2D eigenvalue weighted by Gasteiger charge is -2.18. The summed E-state index contributed by atoms with van der Waals surface area (Å²) in [7, 11) is 1.50. The fourth-order valence-corrected chi connectivity index (χ4v) is 2.84. The zero-order valence-electron chi connectivity index (χ0n) is 16.9. The quantitative estimate of drug-likeness (QED) is 0.589. The Labute approximate surface area is 179 Å². The van der Waals surface area contributed by atoms with E-state index in [2.05, 4.69) is 5.32 Å². The maximum absolute atomic E-state index is 13.8. The molecule has 0 atom stereocenters. The van der Waals surface area contributed by atoms with E-state index in [4.69, 9.17) is 4.74 Å². The van der Waals surface area contributed by atoms with Gasteiger partial charge in [-0.2, -0.15) is 0 Å². The molecule has 3 aromatic carbocycles. The molecule has 0 heterocycles. The predicted octanol–water partition coefficient (Wildman–Crippen LogP) is 3.89. The van der Waals surface area contributed by atoms with Crippen molar-refractivity contribution in [3.63, 3.8) is 0 Å². The van der Waals surface area contributed by atoms with Gasteiger partial charge < -0.3 is 15.0 Å². The van der Waals surface area contributed by atoms with E-state index in [1.54, 1.807) is 66.7 Å². The Morgan fingerprint density at radius 3 is 2.29 bits per heavy atom. The third kappa shape index (κ3) is 5.76. The number of ether oxygens (including phenoxy) is 1. The lowest BCUT2D eigenvalue weighted by atomic mass is 10.1. The van der Waals surface area contributed by atoms with Gasteiger partial charge in [-0.15, -0.1) is 0 Å². The Morgan fingerprint density at radius 1 is 0.903 bits per heavy atom.